The Bertz CT molecular complexity index is 548. The Balaban J connectivity index is 1.99. The fourth-order valence-electron chi connectivity index (χ4n) is 2.40. The first-order valence-corrected chi connectivity index (χ1v) is 7.71. The highest BCUT2D eigenvalue weighted by Gasteiger charge is 2.11. The molecule has 2 nitrogen and oxygen atoms in total. The maximum Gasteiger partial charge on any atom is 0.0406 e. The van der Waals surface area contributed by atoms with Crippen molar-refractivity contribution in [1.82, 2.24) is 4.90 Å². The molecule has 0 aliphatic rings. The summed E-state index contributed by atoms with van der Waals surface area (Å²) in [6.45, 7) is 3.84. The molecule has 1 unspecified atom stereocenters. The van der Waals surface area contributed by atoms with Crippen molar-refractivity contribution >= 4 is 11.6 Å². The van der Waals surface area contributed by atoms with Gasteiger partial charge in [-0.3, -0.25) is 4.90 Å². The number of nitrogens with zero attached hydrogens (tertiary/aromatic N) is 1. The zero-order valence-electron chi connectivity index (χ0n) is 12.7. The molecule has 0 spiro atoms. The van der Waals surface area contributed by atoms with Crippen molar-refractivity contribution in [2.24, 2.45) is 5.73 Å². The van der Waals surface area contributed by atoms with Gasteiger partial charge in [-0.2, -0.15) is 0 Å². The van der Waals surface area contributed by atoms with Gasteiger partial charge >= 0.3 is 0 Å². The average Bonchev–Trinajstić information content (AvgIpc) is 2.49. The molecular formula is C18H23ClN2. The van der Waals surface area contributed by atoms with E-state index in [9.17, 15) is 0 Å². The third-order valence-corrected chi connectivity index (χ3v) is 4.15. The molecule has 2 N–H and O–H groups in total. The van der Waals surface area contributed by atoms with E-state index in [0.717, 1.165) is 18.0 Å². The van der Waals surface area contributed by atoms with E-state index in [4.69, 9.17) is 17.3 Å². The van der Waals surface area contributed by atoms with Gasteiger partial charge in [0.1, 0.15) is 0 Å². The zero-order valence-corrected chi connectivity index (χ0v) is 13.5. The molecule has 1 atom stereocenters. The van der Waals surface area contributed by atoms with E-state index < -0.39 is 0 Å². The van der Waals surface area contributed by atoms with Crippen LogP contribution in [0.2, 0.25) is 5.02 Å². The van der Waals surface area contributed by atoms with Crippen LogP contribution in [0.4, 0.5) is 0 Å². The van der Waals surface area contributed by atoms with Gasteiger partial charge in [0.25, 0.3) is 0 Å². The number of hydrogen-bond donors (Lipinski definition) is 1. The lowest BCUT2D eigenvalue weighted by Crippen LogP contribution is -2.21. The van der Waals surface area contributed by atoms with E-state index in [-0.39, 0.29) is 0 Å². The number of nitrogens with two attached hydrogens (primary N) is 1. The predicted octanol–water partition coefficient (Wildman–Crippen LogP) is 4.03. The summed E-state index contributed by atoms with van der Waals surface area (Å²) in [6, 6.07) is 17.1. The molecule has 0 radical (unpaired) electrons. The van der Waals surface area contributed by atoms with E-state index in [2.05, 4.69) is 55.3 Å². The third kappa shape index (κ3) is 4.57. The lowest BCUT2D eigenvalue weighted by molar-refractivity contribution is 0.253. The maximum absolute atomic E-state index is 5.94. The summed E-state index contributed by atoms with van der Waals surface area (Å²) in [4.78, 5) is 2.33. The summed E-state index contributed by atoms with van der Waals surface area (Å²) in [5.41, 5.74) is 9.47. The molecule has 2 rings (SSSR count). The van der Waals surface area contributed by atoms with Crippen LogP contribution in [0.3, 0.4) is 0 Å². The minimum atomic E-state index is 0.353. The largest absolute Gasteiger partial charge is 0.330 e. The van der Waals surface area contributed by atoms with Gasteiger partial charge in [-0.05, 0) is 55.8 Å². The van der Waals surface area contributed by atoms with Crippen molar-refractivity contribution in [1.29, 1.82) is 0 Å². The first-order valence-electron chi connectivity index (χ1n) is 7.33. The van der Waals surface area contributed by atoms with Gasteiger partial charge in [-0.15, -0.1) is 0 Å². The molecule has 0 saturated heterocycles. The van der Waals surface area contributed by atoms with Crippen LogP contribution in [-0.4, -0.2) is 18.5 Å². The molecule has 0 bridgehead atoms. The predicted molar refractivity (Wildman–Crippen MR) is 90.5 cm³/mol. The van der Waals surface area contributed by atoms with Crippen LogP contribution in [0.25, 0.3) is 0 Å². The Kier molecular flexibility index (Phi) is 5.80. The maximum atomic E-state index is 5.94. The van der Waals surface area contributed by atoms with Crippen molar-refractivity contribution in [3.05, 3.63) is 70.2 Å². The van der Waals surface area contributed by atoms with E-state index >= 15 is 0 Å². The molecule has 0 aliphatic heterocycles. The zero-order chi connectivity index (χ0) is 15.2. The summed E-state index contributed by atoms with van der Waals surface area (Å²) >= 11 is 5.94. The second-order valence-electron chi connectivity index (χ2n) is 5.50. The van der Waals surface area contributed by atoms with E-state index in [1.807, 2.05) is 12.1 Å². The van der Waals surface area contributed by atoms with Gasteiger partial charge in [-0.25, -0.2) is 0 Å². The van der Waals surface area contributed by atoms with Crippen molar-refractivity contribution in [2.45, 2.75) is 25.9 Å². The van der Waals surface area contributed by atoms with Crippen molar-refractivity contribution < 1.29 is 0 Å². The highest BCUT2D eigenvalue weighted by Crippen LogP contribution is 2.22. The Labute approximate surface area is 132 Å². The molecular weight excluding hydrogens is 280 g/mol. The highest BCUT2D eigenvalue weighted by atomic mass is 35.5. The molecule has 0 fully saturated rings. The summed E-state index contributed by atoms with van der Waals surface area (Å²) < 4.78 is 0. The van der Waals surface area contributed by atoms with Gasteiger partial charge < -0.3 is 5.73 Å². The Hall–Kier alpha value is -1.35. The van der Waals surface area contributed by atoms with Crippen LogP contribution in [0.15, 0.2) is 48.5 Å². The van der Waals surface area contributed by atoms with Crippen LogP contribution >= 0.6 is 11.6 Å². The highest BCUT2D eigenvalue weighted by molar-refractivity contribution is 6.30. The summed E-state index contributed by atoms with van der Waals surface area (Å²) in [6.07, 6.45) is 0.942. The number of benzene rings is 2. The molecule has 0 aromatic heterocycles. The molecule has 0 amide bonds. The molecule has 112 valence electrons. The quantitative estimate of drug-likeness (QED) is 0.873. The smallest absolute Gasteiger partial charge is 0.0406 e. The molecule has 0 aliphatic carbocycles. The Morgan fingerprint density at radius 3 is 2.14 bits per heavy atom. The fourth-order valence-corrected chi connectivity index (χ4v) is 2.52. The van der Waals surface area contributed by atoms with Crippen molar-refractivity contribution in [2.75, 3.05) is 13.6 Å². The lowest BCUT2D eigenvalue weighted by Gasteiger charge is -2.25. The van der Waals surface area contributed by atoms with Crippen LogP contribution in [0.5, 0.6) is 0 Å². The fraction of sp³-hybridized carbons (Fsp3) is 0.333. The third-order valence-electron chi connectivity index (χ3n) is 3.90. The molecule has 3 heteroatoms. The second-order valence-corrected chi connectivity index (χ2v) is 5.93. The number of hydrogen-bond acceptors (Lipinski definition) is 2. The minimum Gasteiger partial charge on any atom is -0.330 e. The minimum absolute atomic E-state index is 0.353. The van der Waals surface area contributed by atoms with Gasteiger partial charge in [0.15, 0.2) is 0 Å². The van der Waals surface area contributed by atoms with Crippen molar-refractivity contribution in [3.63, 3.8) is 0 Å². The van der Waals surface area contributed by atoms with E-state index in [1.165, 1.54) is 16.7 Å². The summed E-state index contributed by atoms with van der Waals surface area (Å²) in [5.74, 6) is 0. The van der Waals surface area contributed by atoms with Gasteiger partial charge in [0.2, 0.25) is 0 Å². The molecule has 2 aromatic rings. The first-order chi connectivity index (χ1) is 10.1. The van der Waals surface area contributed by atoms with E-state index in [0.29, 0.717) is 12.6 Å². The lowest BCUT2D eigenvalue weighted by atomic mass is 10.1. The second kappa shape index (κ2) is 7.60. The molecule has 21 heavy (non-hydrogen) atoms. The average molecular weight is 303 g/mol. The molecule has 2 aromatic carbocycles. The number of halogens is 1. The van der Waals surface area contributed by atoms with E-state index in [1.54, 1.807) is 0 Å². The Morgan fingerprint density at radius 2 is 1.57 bits per heavy atom. The van der Waals surface area contributed by atoms with Crippen LogP contribution in [0, 0.1) is 0 Å². The van der Waals surface area contributed by atoms with Crippen molar-refractivity contribution in [3.8, 4) is 0 Å². The van der Waals surface area contributed by atoms with Crippen LogP contribution in [0.1, 0.15) is 29.7 Å². The van der Waals surface area contributed by atoms with Gasteiger partial charge in [0.05, 0.1) is 0 Å². The molecule has 0 heterocycles. The Morgan fingerprint density at radius 1 is 1.00 bits per heavy atom. The molecule has 0 saturated carbocycles. The number of rotatable bonds is 6. The van der Waals surface area contributed by atoms with Gasteiger partial charge in [-0.1, -0.05) is 48.0 Å². The first kappa shape index (κ1) is 16.0. The summed E-state index contributed by atoms with van der Waals surface area (Å²) in [5, 5.41) is 0.782. The summed E-state index contributed by atoms with van der Waals surface area (Å²) in [7, 11) is 2.15. The standard InChI is InChI=1S/C18H23ClN2/c1-14(17-7-9-18(19)10-8-17)21(2)13-16-5-3-15(4-6-16)11-12-20/h3-10,14H,11-13,20H2,1-2H3. The SMILES string of the molecule is CC(c1ccc(Cl)cc1)N(C)Cc1ccc(CCN)cc1. The topological polar surface area (TPSA) is 29.3 Å². The monoisotopic (exact) mass is 302 g/mol. The van der Waals surface area contributed by atoms with Crippen LogP contribution < -0.4 is 5.73 Å². The van der Waals surface area contributed by atoms with Crippen LogP contribution in [-0.2, 0) is 13.0 Å². The van der Waals surface area contributed by atoms with Gasteiger partial charge in [0, 0.05) is 17.6 Å². The normalized spacial score (nSPS) is 12.6.